The minimum Gasteiger partial charge on any atom is -0.493 e. The number of carbonyl (C=O) groups excluding carboxylic acids is 1. The first-order valence-electron chi connectivity index (χ1n) is 5.22. The fourth-order valence-corrected chi connectivity index (χ4v) is 1.41. The predicted molar refractivity (Wildman–Crippen MR) is 64.0 cm³/mol. The molecule has 1 rings (SSSR count). The van der Waals surface area contributed by atoms with Gasteiger partial charge in [-0.2, -0.15) is 0 Å². The van der Waals surface area contributed by atoms with Crippen LogP contribution in [0.5, 0.6) is 17.2 Å². The molecule has 1 N–H and O–H groups in total. The molecule has 0 aliphatic rings. The second-order valence-corrected chi connectivity index (χ2v) is 3.38. The van der Waals surface area contributed by atoms with Gasteiger partial charge in [0.2, 0.25) is 5.75 Å². The maximum atomic E-state index is 11.6. The Morgan fingerprint density at radius 3 is 1.95 bits per heavy atom. The lowest BCUT2D eigenvalue weighted by atomic mass is 10.2. The number of methoxy groups -OCH3 is 3. The second-order valence-electron chi connectivity index (χ2n) is 3.38. The Morgan fingerprint density at radius 1 is 1.05 bits per heavy atom. The van der Waals surface area contributed by atoms with Crippen molar-refractivity contribution in [3.8, 4) is 17.2 Å². The van der Waals surface area contributed by atoms with Crippen LogP contribution in [-0.2, 0) is 9.53 Å². The van der Waals surface area contributed by atoms with Crippen LogP contribution >= 0.6 is 0 Å². The summed E-state index contributed by atoms with van der Waals surface area (Å²) in [7, 11) is 4.25. The Bertz CT molecular complexity index is 456. The number of ether oxygens (including phenoxy) is 4. The highest BCUT2D eigenvalue weighted by molar-refractivity contribution is 5.92. The Kier molecular flexibility index (Phi) is 4.99. The predicted octanol–water partition coefficient (Wildman–Crippen LogP) is 0.954. The summed E-state index contributed by atoms with van der Waals surface area (Å²) in [6.45, 7) is -0.713. The van der Waals surface area contributed by atoms with Gasteiger partial charge in [0, 0.05) is 0 Å². The van der Waals surface area contributed by atoms with Crippen LogP contribution in [0, 0.1) is 0 Å². The third-order valence-electron chi connectivity index (χ3n) is 2.23. The number of rotatable bonds is 6. The van der Waals surface area contributed by atoms with E-state index in [-0.39, 0.29) is 17.1 Å². The molecule has 0 saturated heterocycles. The topological polar surface area (TPSA) is 91.3 Å². The van der Waals surface area contributed by atoms with Crippen molar-refractivity contribution in [2.45, 2.75) is 0 Å². The number of aliphatic carboxylic acids is 1. The molecule has 7 nitrogen and oxygen atoms in total. The number of carbonyl (C=O) groups is 2. The van der Waals surface area contributed by atoms with Crippen molar-refractivity contribution < 1.29 is 33.6 Å². The average molecular weight is 270 g/mol. The third kappa shape index (κ3) is 3.51. The van der Waals surface area contributed by atoms with Crippen LogP contribution in [0.3, 0.4) is 0 Å². The highest BCUT2D eigenvalue weighted by Gasteiger charge is 2.18. The maximum absolute atomic E-state index is 11.6. The molecule has 1 aromatic rings. The summed E-state index contributed by atoms with van der Waals surface area (Å²) in [5.74, 6) is -1.13. The number of esters is 1. The van der Waals surface area contributed by atoms with Crippen molar-refractivity contribution in [1.82, 2.24) is 0 Å². The van der Waals surface area contributed by atoms with Gasteiger partial charge < -0.3 is 24.1 Å². The van der Waals surface area contributed by atoms with E-state index >= 15 is 0 Å². The zero-order valence-electron chi connectivity index (χ0n) is 10.8. The van der Waals surface area contributed by atoms with Gasteiger partial charge in [0.1, 0.15) is 0 Å². The average Bonchev–Trinajstić information content (AvgIpc) is 2.42. The first-order valence-corrected chi connectivity index (χ1v) is 5.22. The minimum atomic E-state index is -1.24. The Balaban J connectivity index is 3.08. The molecule has 7 heteroatoms. The summed E-state index contributed by atoms with van der Waals surface area (Å²) >= 11 is 0. The highest BCUT2D eigenvalue weighted by atomic mass is 16.6. The lowest BCUT2D eigenvalue weighted by molar-refractivity contribution is -0.140. The van der Waals surface area contributed by atoms with Crippen molar-refractivity contribution in [3.63, 3.8) is 0 Å². The maximum Gasteiger partial charge on any atom is 0.341 e. The highest BCUT2D eigenvalue weighted by Crippen LogP contribution is 2.38. The first-order chi connectivity index (χ1) is 9.03. The summed E-state index contributed by atoms with van der Waals surface area (Å²) in [5, 5.41) is 8.45. The first kappa shape index (κ1) is 14.6. The van der Waals surface area contributed by atoms with E-state index in [0.717, 1.165) is 0 Å². The largest absolute Gasteiger partial charge is 0.493 e. The quantitative estimate of drug-likeness (QED) is 0.769. The zero-order valence-corrected chi connectivity index (χ0v) is 10.8. The van der Waals surface area contributed by atoms with E-state index in [1.807, 2.05) is 0 Å². The van der Waals surface area contributed by atoms with Crippen LogP contribution in [0.1, 0.15) is 10.4 Å². The molecule has 19 heavy (non-hydrogen) atoms. The summed E-state index contributed by atoms with van der Waals surface area (Å²) in [5.41, 5.74) is 0.107. The number of carboxylic acids is 1. The summed E-state index contributed by atoms with van der Waals surface area (Å²) in [6, 6.07) is 2.76. The standard InChI is InChI=1S/C12H14O7/c1-16-8-4-7(12(15)19-6-10(13)14)5-9(17-2)11(8)18-3/h4-5H,6H2,1-3H3,(H,13,14). The molecular formula is C12H14O7. The molecule has 0 fully saturated rings. The molecule has 0 bridgehead atoms. The lowest BCUT2D eigenvalue weighted by Crippen LogP contribution is -2.13. The normalized spacial score (nSPS) is 9.63. The monoisotopic (exact) mass is 270 g/mol. The Hall–Kier alpha value is -2.44. The van der Waals surface area contributed by atoms with Gasteiger partial charge in [-0.3, -0.25) is 0 Å². The van der Waals surface area contributed by atoms with E-state index < -0.39 is 18.5 Å². The van der Waals surface area contributed by atoms with Gasteiger partial charge in [-0.1, -0.05) is 0 Å². The fourth-order valence-electron chi connectivity index (χ4n) is 1.41. The number of benzene rings is 1. The van der Waals surface area contributed by atoms with E-state index in [1.54, 1.807) is 0 Å². The molecule has 0 aliphatic carbocycles. The van der Waals surface area contributed by atoms with E-state index in [2.05, 4.69) is 4.74 Å². The van der Waals surface area contributed by atoms with E-state index in [1.165, 1.54) is 33.5 Å². The van der Waals surface area contributed by atoms with Crippen molar-refractivity contribution in [1.29, 1.82) is 0 Å². The van der Waals surface area contributed by atoms with Crippen LogP contribution in [0.15, 0.2) is 12.1 Å². The van der Waals surface area contributed by atoms with Gasteiger partial charge in [0.25, 0.3) is 0 Å². The van der Waals surface area contributed by atoms with E-state index in [9.17, 15) is 9.59 Å². The van der Waals surface area contributed by atoms with Gasteiger partial charge in [-0.15, -0.1) is 0 Å². The molecule has 0 spiro atoms. The van der Waals surface area contributed by atoms with Crippen LogP contribution < -0.4 is 14.2 Å². The number of carboxylic acid groups (broad SMARTS) is 1. The molecule has 104 valence electrons. The van der Waals surface area contributed by atoms with Crippen LogP contribution in [0.2, 0.25) is 0 Å². The van der Waals surface area contributed by atoms with Crippen molar-refractivity contribution in [2.24, 2.45) is 0 Å². The molecule has 0 aliphatic heterocycles. The summed E-state index contributed by atoms with van der Waals surface area (Å²) < 4.78 is 19.8. The molecule has 1 aromatic carbocycles. The molecule has 0 saturated carbocycles. The Labute approximate surface area is 109 Å². The van der Waals surface area contributed by atoms with Crippen LogP contribution in [0.4, 0.5) is 0 Å². The fraction of sp³-hybridized carbons (Fsp3) is 0.333. The van der Waals surface area contributed by atoms with Crippen molar-refractivity contribution in [3.05, 3.63) is 17.7 Å². The van der Waals surface area contributed by atoms with E-state index in [0.29, 0.717) is 5.75 Å². The van der Waals surface area contributed by atoms with Gasteiger partial charge in [0.15, 0.2) is 18.1 Å². The summed E-state index contributed by atoms with van der Waals surface area (Å²) in [4.78, 5) is 22.0. The molecule has 0 aromatic heterocycles. The molecule has 0 amide bonds. The minimum absolute atomic E-state index is 0.107. The van der Waals surface area contributed by atoms with Crippen LogP contribution in [0.25, 0.3) is 0 Å². The smallest absolute Gasteiger partial charge is 0.341 e. The molecule has 0 heterocycles. The van der Waals surface area contributed by atoms with Gasteiger partial charge in [-0.25, -0.2) is 9.59 Å². The zero-order chi connectivity index (χ0) is 14.4. The molecule has 0 atom stereocenters. The van der Waals surface area contributed by atoms with Gasteiger partial charge >= 0.3 is 11.9 Å². The van der Waals surface area contributed by atoms with Crippen LogP contribution in [-0.4, -0.2) is 45.0 Å². The molecule has 0 radical (unpaired) electrons. The van der Waals surface area contributed by atoms with Gasteiger partial charge in [-0.05, 0) is 12.1 Å². The van der Waals surface area contributed by atoms with E-state index in [4.69, 9.17) is 19.3 Å². The third-order valence-corrected chi connectivity index (χ3v) is 2.23. The second kappa shape index (κ2) is 6.48. The summed E-state index contributed by atoms with van der Waals surface area (Å²) in [6.07, 6.45) is 0. The number of hydrogen-bond acceptors (Lipinski definition) is 6. The lowest BCUT2D eigenvalue weighted by Gasteiger charge is -2.13. The van der Waals surface area contributed by atoms with Crippen molar-refractivity contribution >= 4 is 11.9 Å². The van der Waals surface area contributed by atoms with Gasteiger partial charge in [0.05, 0.1) is 26.9 Å². The SMILES string of the molecule is COc1cc(C(=O)OCC(=O)O)cc(OC)c1OC. The molecular weight excluding hydrogens is 256 g/mol. The van der Waals surface area contributed by atoms with Crippen molar-refractivity contribution in [2.75, 3.05) is 27.9 Å². The molecule has 0 unspecified atom stereocenters. The Morgan fingerprint density at radius 2 is 1.58 bits per heavy atom. The number of hydrogen-bond donors (Lipinski definition) is 1.